The summed E-state index contributed by atoms with van der Waals surface area (Å²) in [7, 11) is 0. The van der Waals surface area contributed by atoms with Crippen molar-refractivity contribution < 1.29 is 9.59 Å². The van der Waals surface area contributed by atoms with Gasteiger partial charge in [-0.2, -0.15) is 0 Å². The number of benzene rings is 2. The average molecular weight is 283 g/mol. The quantitative estimate of drug-likeness (QED) is 0.757. The number of carbonyl (C=O) groups excluding carboxylic acids is 2. The third kappa shape index (κ3) is 4.07. The van der Waals surface area contributed by atoms with E-state index < -0.39 is 0 Å². The Hall–Kier alpha value is -2.82. The summed E-state index contributed by atoms with van der Waals surface area (Å²) >= 11 is 0. The van der Waals surface area contributed by atoms with Gasteiger partial charge in [0.05, 0.1) is 0 Å². The number of nitrogens with two attached hydrogens (primary N) is 1. The normalized spacial score (nSPS) is 10.0. The van der Waals surface area contributed by atoms with E-state index in [0.717, 1.165) is 5.56 Å². The second-order valence-corrected chi connectivity index (χ2v) is 4.85. The molecule has 108 valence electrons. The summed E-state index contributed by atoms with van der Waals surface area (Å²) in [5.41, 5.74) is 8.94. The third-order valence-corrected chi connectivity index (χ3v) is 2.80. The molecule has 0 aliphatic heterocycles. The molecule has 0 radical (unpaired) electrons. The van der Waals surface area contributed by atoms with Crippen LogP contribution in [-0.2, 0) is 4.79 Å². The number of hydrogen-bond donors (Lipinski definition) is 3. The van der Waals surface area contributed by atoms with E-state index in [0.29, 0.717) is 22.6 Å². The van der Waals surface area contributed by atoms with Crippen molar-refractivity contribution in [2.45, 2.75) is 13.8 Å². The zero-order chi connectivity index (χ0) is 15.4. The third-order valence-electron chi connectivity index (χ3n) is 2.80. The minimum atomic E-state index is -0.245. The molecule has 0 aromatic heterocycles. The summed E-state index contributed by atoms with van der Waals surface area (Å²) in [4.78, 5) is 23.2. The second kappa shape index (κ2) is 6.09. The van der Waals surface area contributed by atoms with Crippen LogP contribution in [0.25, 0.3) is 0 Å². The fourth-order valence-corrected chi connectivity index (χ4v) is 2.03. The van der Waals surface area contributed by atoms with Crippen LogP contribution in [0, 0.1) is 6.92 Å². The van der Waals surface area contributed by atoms with Gasteiger partial charge in [0.2, 0.25) is 5.91 Å². The van der Waals surface area contributed by atoms with Gasteiger partial charge in [0.15, 0.2) is 0 Å². The van der Waals surface area contributed by atoms with Crippen LogP contribution >= 0.6 is 0 Å². The fraction of sp³-hybridized carbons (Fsp3) is 0.125. The molecule has 2 amide bonds. The Bertz CT molecular complexity index is 675. The molecule has 0 atom stereocenters. The van der Waals surface area contributed by atoms with E-state index in [1.807, 2.05) is 6.92 Å². The molecule has 21 heavy (non-hydrogen) atoms. The summed E-state index contributed by atoms with van der Waals surface area (Å²) in [6.07, 6.45) is 0. The van der Waals surface area contributed by atoms with Crippen LogP contribution in [-0.4, -0.2) is 11.8 Å². The first-order valence-corrected chi connectivity index (χ1v) is 6.50. The molecule has 0 unspecified atom stereocenters. The van der Waals surface area contributed by atoms with Crippen molar-refractivity contribution in [3.05, 3.63) is 53.6 Å². The van der Waals surface area contributed by atoms with Crippen LogP contribution in [0.1, 0.15) is 22.8 Å². The maximum absolute atomic E-state index is 12.2. The first-order chi connectivity index (χ1) is 9.94. The molecule has 5 heteroatoms. The van der Waals surface area contributed by atoms with E-state index in [9.17, 15) is 9.59 Å². The van der Waals surface area contributed by atoms with Crippen LogP contribution in [0.3, 0.4) is 0 Å². The van der Waals surface area contributed by atoms with Gasteiger partial charge in [-0.15, -0.1) is 0 Å². The maximum atomic E-state index is 12.2. The highest BCUT2D eigenvalue weighted by atomic mass is 16.2. The topological polar surface area (TPSA) is 84.2 Å². The van der Waals surface area contributed by atoms with Gasteiger partial charge in [0.1, 0.15) is 0 Å². The first kappa shape index (κ1) is 14.6. The average Bonchev–Trinajstić information content (AvgIpc) is 2.37. The van der Waals surface area contributed by atoms with E-state index in [1.54, 1.807) is 42.5 Å². The molecular weight excluding hydrogens is 266 g/mol. The van der Waals surface area contributed by atoms with Gasteiger partial charge >= 0.3 is 0 Å². The van der Waals surface area contributed by atoms with E-state index in [1.165, 1.54) is 6.92 Å². The van der Waals surface area contributed by atoms with Crippen LogP contribution in [0.2, 0.25) is 0 Å². The number of aryl methyl sites for hydroxylation is 1. The Balaban J connectivity index is 2.17. The summed E-state index contributed by atoms with van der Waals surface area (Å²) in [6.45, 7) is 3.31. The molecule has 4 N–H and O–H groups in total. The van der Waals surface area contributed by atoms with E-state index in [2.05, 4.69) is 10.6 Å². The van der Waals surface area contributed by atoms with Gasteiger partial charge < -0.3 is 16.4 Å². The molecule has 0 heterocycles. The van der Waals surface area contributed by atoms with Gasteiger partial charge in [-0.05, 0) is 48.9 Å². The van der Waals surface area contributed by atoms with Gasteiger partial charge in [0.25, 0.3) is 5.91 Å². The summed E-state index contributed by atoms with van der Waals surface area (Å²) < 4.78 is 0. The zero-order valence-corrected chi connectivity index (χ0v) is 11.9. The van der Waals surface area contributed by atoms with Crippen molar-refractivity contribution in [1.82, 2.24) is 0 Å². The summed E-state index contributed by atoms with van der Waals surface area (Å²) in [5, 5.41) is 5.45. The largest absolute Gasteiger partial charge is 0.399 e. The predicted octanol–water partition coefficient (Wildman–Crippen LogP) is 2.79. The molecule has 0 saturated heterocycles. The van der Waals surface area contributed by atoms with Crippen LogP contribution in [0.5, 0.6) is 0 Å². The lowest BCUT2D eigenvalue weighted by atomic mass is 10.1. The van der Waals surface area contributed by atoms with Gasteiger partial charge in [-0.3, -0.25) is 9.59 Å². The molecule has 0 bridgehead atoms. The van der Waals surface area contributed by atoms with Crippen LogP contribution in [0.4, 0.5) is 17.1 Å². The lowest BCUT2D eigenvalue weighted by Crippen LogP contribution is -2.13. The van der Waals surface area contributed by atoms with Gasteiger partial charge in [-0.25, -0.2) is 0 Å². The SMILES string of the molecule is CC(=O)Nc1cccc(NC(=O)c2cc(C)cc(N)c2)c1. The maximum Gasteiger partial charge on any atom is 0.255 e. The molecule has 0 saturated carbocycles. The Labute approximate surface area is 123 Å². The smallest absolute Gasteiger partial charge is 0.255 e. The second-order valence-electron chi connectivity index (χ2n) is 4.85. The van der Waals surface area contributed by atoms with E-state index in [4.69, 9.17) is 5.73 Å². The highest BCUT2D eigenvalue weighted by Gasteiger charge is 2.08. The van der Waals surface area contributed by atoms with E-state index >= 15 is 0 Å². The Kier molecular flexibility index (Phi) is 4.23. The summed E-state index contributed by atoms with van der Waals surface area (Å²) in [5.74, 6) is -0.407. The lowest BCUT2D eigenvalue weighted by Gasteiger charge is -2.09. The first-order valence-electron chi connectivity index (χ1n) is 6.50. The van der Waals surface area contributed by atoms with Crippen LogP contribution < -0.4 is 16.4 Å². The zero-order valence-electron chi connectivity index (χ0n) is 11.9. The Morgan fingerprint density at radius 3 is 2.29 bits per heavy atom. The Morgan fingerprint density at radius 2 is 1.67 bits per heavy atom. The van der Waals surface area contributed by atoms with Crippen molar-refractivity contribution in [2.24, 2.45) is 0 Å². The molecule has 0 fully saturated rings. The lowest BCUT2D eigenvalue weighted by molar-refractivity contribution is -0.114. The molecule has 2 aromatic carbocycles. The number of nitrogens with one attached hydrogen (secondary N) is 2. The monoisotopic (exact) mass is 283 g/mol. The Morgan fingerprint density at radius 1 is 1.00 bits per heavy atom. The number of anilines is 3. The highest BCUT2D eigenvalue weighted by Crippen LogP contribution is 2.17. The molecular formula is C16H17N3O2. The van der Waals surface area contributed by atoms with E-state index in [-0.39, 0.29) is 11.8 Å². The highest BCUT2D eigenvalue weighted by molar-refractivity contribution is 6.05. The van der Waals surface area contributed by atoms with Gasteiger partial charge in [0, 0.05) is 29.5 Å². The van der Waals surface area contributed by atoms with Crippen LogP contribution in [0.15, 0.2) is 42.5 Å². The molecule has 0 spiro atoms. The molecule has 2 rings (SSSR count). The van der Waals surface area contributed by atoms with Crippen molar-refractivity contribution in [2.75, 3.05) is 16.4 Å². The molecule has 0 aliphatic carbocycles. The fourth-order valence-electron chi connectivity index (χ4n) is 2.03. The molecule has 2 aromatic rings. The molecule has 0 aliphatic rings. The number of carbonyl (C=O) groups is 2. The number of hydrogen-bond acceptors (Lipinski definition) is 3. The van der Waals surface area contributed by atoms with Crippen molar-refractivity contribution in [3.63, 3.8) is 0 Å². The van der Waals surface area contributed by atoms with Crippen molar-refractivity contribution >= 4 is 28.9 Å². The van der Waals surface area contributed by atoms with Crippen molar-refractivity contribution in [1.29, 1.82) is 0 Å². The predicted molar refractivity (Wildman–Crippen MR) is 84.3 cm³/mol. The number of rotatable bonds is 3. The standard InChI is InChI=1S/C16H17N3O2/c1-10-6-12(8-13(17)7-10)16(21)19-15-5-3-4-14(9-15)18-11(2)20/h3-9H,17H2,1-2H3,(H,18,20)(H,19,21). The van der Waals surface area contributed by atoms with Crippen molar-refractivity contribution in [3.8, 4) is 0 Å². The van der Waals surface area contributed by atoms with Gasteiger partial charge in [-0.1, -0.05) is 6.07 Å². The number of amides is 2. The number of nitrogen functional groups attached to an aromatic ring is 1. The minimum absolute atomic E-state index is 0.162. The molecule has 5 nitrogen and oxygen atoms in total. The minimum Gasteiger partial charge on any atom is -0.399 e. The summed E-state index contributed by atoms with van der Waals surface area (Å²) in [6, 6.07) is 12.1.